The smallest absolute Gasteiger partial charge is 0.250 e. The van der Waals surface area contributed by atoms with Crippen molar-refractivity contribution in [2.75, 3.05) is 25.6 Å². The third kappa shape index (κ3) is 3.99. The minimum absolute atomic E-state index is 0.256. The van der Waals surface area contributed by atoms with Crippen LogP contribution in [-0.4, -0.2) is 31.2 Å². The van der Waals surface area contributed by atoms with Gasteiger partial charge in [-0.3, -0.25) is 10.1 Å². The van der Waals surface area contributed by atoms with Crippen molar-refractivity contribution in [3.8, 4) is 28.5 Å². The molecule has 1 amide bonds. The summed E-state index contributed by atoms with van der Waals surface area (Å²) in [7, 11) is 1.60. The second kappa shape index (κ2) is 8.14. The lowest BCUT2D eigenvalue weighted by Gasteiger charge is -2.18. The Morgan fingerprint density at radius 2 is 2.00 bits per heavy atom. The fraction of sp³-hybridized carbons (Fsp3) is 0.143. The Kier molecular flexibility index (Phi) is 5.25. The molecule has 0 spiro atoms. The number of methoxy groups -OCH3 is 1. The Labute approximate surface area is 166 Å². The maximum Gasteiger partial charge on any atom is 0.250 e. The number of aromatic nitrogens is 1. The topological polar surface area (TPSA) is 69.7 Å². The van der Waals surface area contributed by atoms with Crippen molar-refractivity contribution < 1.29 is 19.0 Å². The van der Waals surface area contributed by atoms with E-state index in [-0.39, 0.29) is 5.91 Å². The van der Waals surface area contributed by atoms with Gasteiger partial charge in [-0.1, -0.05) is 18.2 Å². The van der Waals surface area contributed by atoms with Gasteiger partial charge >= 0.3 is 0 Å². The van der Waals surface area contributed by atoms with E-state index < -0.39 is 0 Å². The fourth-order valence-electron chi connectivity index (χ4n) is 2.78. The molecule has 0 saturated carbocycles. The molecular weight excluding hydrogens is 376 g/mol. The summed E-state index contributed by atoms with van der Waals surface area (Å²) >= 11 is 1.37. The first kappa shape index (κ1) is 18.1. The Hall–Kier alpha value is -3.32. The van der Waals surface area contributed by atoms with Crippen LogP contribution in [0.15, 0.2) is 53.9 Å². The number of hydrogen-bond acceptors (Lipinski definition) is 6. The van der Waals surface area contributed by atoms with Crippen molar-refractivity contribution in [3.63, 3.8) is 0 Å². The van der Waals surface area contributed by atoms with Crippen molar-refractivity contribution in [1.82, 2.24) is 4.98 Å². The first-order chi connectivity index (χ1) is 13.7. The molecule has 0 bridgehead atoms. The lowest BCUT2D eigenvalue weighted by Crippen LogP contribution is -2.15. The highest BCUT2D eigenvalue weighted by atomic mass is 32.1. The summed E-state index contributed by atoms with van der Waals surface area (Å²) in [5, 5.41) is 5.21. The predicted molar refractivity (Wildman–Crippen MR) is 109 cm³/mol. The zero-order chi connectivity index (χ0) is 19.3. The van der Waals surface area contributed by atoms with E-state index in [9.17, 15) is 4.79 Å². The molecule has 0 radical (unpaired) electrons. The number of carbonyl (C=O) groups is 1. The van der Waals surface area contributed by atoms with E-state index in [1.807, 2.05) is 47.8 Å². The lowest BCUT2D eigenvalue weighted by molar-refractivity contribution is -0.111. The molecule has 0 aliphatic carbocycles. The Morgan fingerprint density at radius 3 is 2.86 bits per heavy atom. The summed E-state index contributed by atoms with van der Waals surface area (Å²) < 4.78 is 16.4. The van der Waals surface area contributed by atoms with Gasteiger partial charge < -0.3 is 14.2 Å². The van der Waals surface area contributed by atoms with Crippen molar-refractivity contribution >= 4 is 28.5 Å². The van der Waals surface area contributed by atoms with Gasteiger partial charge in [0.05, 0.1) is 12.8 Å². The zero-order valence-electron chi connectivity index (χ0n) is 15.2. The lowest BCUT2D eigenvalue weighted by atomic mass is 10.1. The first-order valence-electron chi connectivity index (χ1n) is 8.70. The molecule has 2 heterocycles. The fourth-order valence-corrected chi connectivity index (χ4v) is 3.51. The largest absolute Gasteiger partial charge is 0.496 e. The van der Waals surface area contributed by atoms with Crippen LogP contribution in [0.2, 0.25) is 0 Å². The molecule has 1 N–H and O–H groups in total. The molecule has 4 rings (SSSR count). The van der Waals surface area contributed by atoms with Crippen LogP contribution in [0.1, 0.15) is 5.56 Å². The number of carbonyl (C=O) groups excluding carboxylic acids is 1. The van der Waals surface area contributed by atoms with Gasteiger partial charge in [0.25, 0.3) is 0 Å². The molecule has 1 aliphatic heterocycles. The first-order valence-corrected chi connectivity index (χ1v) is 9.58. The van der Waals surface area contributed by atoms with Gasteiger partial charge in [0.15, 0.2) is 16.6 Å². The normalized spacial score (nSPS) is 12.8. The predicted octanol–water partition coefficient (Wildman–Crippen LogP) is 4.24. The van der Waals surface area contributed by atoms with Crippen LogP contribution in [0.5, 0.6) is 17.2 Å². The molecule has 2 aromatic carbocycles. The van der Waals surface area contributed by atoms with Gasteiger partial charge in [-0.05, 0) is 30.3 Å². The molecule has 0 saturated heterocycles. The van der Waals surface area contributed by atoms with Crippen LogP contribution in [0.25, 0.3) is 17.3 Å². The Morgan fingerprint density at radius 1 is 1.18 bits per heavy atom. The summed E-state index contributed by atoms with van der Waals surface area (Å²) in [5.41, 5.74) is 2.51. The maximum atomic E-state index is 12.2. The summed E-state index contributed by atoms with van der Waals surface area (Å²) in [5.74, 6) is 1.90. The van der Waals surface area contributed by atoms with E-state index in [1.54, 1.807) is 13.2 Å². The average Bonchev–Trinajstić information content (AvgIpc) is 3.20. The van der Waals surface area contributed by atoms with E-state index in [0.29, 0.717) is 29.8 Å². The summed E-state index contributed by atoms with van der Waals surface area (Å²) in [6.07, 6.45) is 3.17. The number of fused-ring (bicyclic) bond motifs is 1. The van der Waals surface area contributed by atoms with Crippen molar-refractivity contribution in [1.29, 1.82) is 0 Å². The number of rotatable bonds is 5. The number of nitrogens with zero attached hydrogens (tertiary/aromatic N) is 1. The van der Waals surface area contributed by atoms with Crippen LogP contribution >= 0.6 is 11.3 Å². The molecule has 1 aliphatic rings. The standard InChI is InChI=1S/C21H18N2O4S/c1-25-17-5-3-2-4-14(17)7-9-20(24)23-21-22-16(13-28-21)15-6-8-18-19(12-15)27-11-10-26-18/h2-9,12-13H,10-11H2,1H3,(H,22,23,24)/b9-7+. The molecule has 7 heteroatoms. The van der Waals surface area contributed by atoms with Gasteiger partial charge in [-0.15, -0.1) is 11.3 Å². The minimum Gasteiger partial charge on any atom is -0.496 e. The number of hydrogen-bond donors (Lipinski definition) is 1. The molecule has 6 nitrogen and oxygen atoms in total. The van der Waals surface area contributed by atoms with Crippen LogP contribution < -0.4 is 19.5 Å². The molecule has 28 heavy (non-hydrogen) atoms. The summed E-state index contributed by atoms with van der Waals surface area (Å²) in [6, 6.07) is 13.2. The average molecular weight is 394 g/mol. The number of nitrogens with one attached hydrogen (secondary N) is 1. The van der Waals surface area contributed by atoms with Crippen LogP contribution in [0.4, 0.5) is 5.13 Å². The highest BCUT2D eigenvalue weighted by Gasteiger charge is 2.14. The van der Waals surface area contributed by atoms with E-state index in [2.05, 4.69) is 10.3 Å². The molecule has 0 atom stereocenters. The van der Waals surface area contributed by atoms with Gasteiger partial charge in [0.2, 0.25) is 5.91 Å². The Bertz CT molecular complexity index is 1030. The van der Waals surface area contributed by atoms with Gasteiger partial charge in [-0.25, -0.2) is 4.98 Å². The SMILES string of the molecule is COc1ccccc1/C=C/C(=O)Nc1nc(-c2ccc3c(c2)OCCO3)cs1. The Balaban J connectivity index is 1.44. The highest BCUT2D eigenvalue weighted by Crippen LogP contribution is 2.35. The molecular formula is C21H18N2O4S. The maximum absolute atomic E-state index is 12.2. The summed E-state index contributed by atoms with van der Waals surface area (Å²) in [6.45, 7) is 1.09. The van der Waals surface area contributed by atoms with Gasteiger partial charge in [-0.2, -0.15) is 0 Å². The second-order valence-corrected chi connectivity index (χ2v) is 6.82. The third-order valence-corrected chi connectivity index (χ3v) is 4.88. The molecule has 0 unspecified atom stereocenters. The zero-order valence-corrected chi connectivity index (χ0v) is 16.0. The molecule has 0 fully saturated rings. The molecule has 3 aromatic rings. The van der Waals surface area contributed by atoms with Crippen LogP contribution in [0.3, 0.4) is 0 Å². The number of para-hydroxylation sites is 1. The third-order valence-electron chi connectivity index (χ3n) is 4.13. The molecule has 142 valence electrons. The number of benzene rings is 2. The van der Waals surface area contributed by atoms with Crippen molar-refractivity contribution in [2.24, 2.45) is 0 Å². The van der Waals surface area contributed by atoms with Crippen molar-refractivity contribution in [2.45, 2.75) is 0 Å². The number of ether oxygens (including phenoxy) is 3. The minimum atomic E-state index is -0.256. The van der Waals surface area contributed by atoms with Gasteiger partial charge in [0.1, 0.15) is 19.0 Å². The van der Waals surface area contributed by atoms with E-state index in [1.165, 1.54) is 17.4 Å². The number of amides is 1. The van der Waals surface area contributed by atoms with E-state index in [4.69, 9.17) is 14.2 Å². The number of thiazole rings is 1. The van der Waals surface area contributed by atoms with Crippen LogP contribution in [-0.2, 0) is 4.79 Å². The van der Waals surface area contributed by atoms with E-state index >= 15 is 0 Å². The monoisotopic (exact) mass is 394 g/mol. The van der Waals surface area contributed by atoms with Crippen molar-refractivity contribution in [3.05, 3.63) is 59.5 Å². The number of anilines is 1. The summed E-state index contributed by atoms with van der Waals surface area (Å²) in [4.78, 5) is 16.7. The van der Waals surface area contributed by atoms with E-state index in [0.717, 1.165) is 22.6 Å². The van der Waals surface area contributed by atoms with Gasteiger partial charge in [0, 0.05) is 22.6 Å². The van der Waals surface area contributed by atoms with Crippen LogP contribution in [0, 0.1) is 0 Å². The highest BCUT2D eigenvalue weighted by molar-refractivity contribution is 7.14. The quantitative estimate of drug-likeness (QED) is 0.656. The second-order valence-electron chi connectivity index (χ2n) is 5.96. The molecule has 1 aromatic heterocycles.